The molecule has 29 heavy (non-hydrogen) atoms. The van der Waals surface area contributed by atoms with Crippen molar-refractivity contribution in [2.75, 3.05) is 20.8 Å². The summed E-state index contributed by atoms with van der Waals surface area (Å²) in [4.78, 5) is 24.6. The third-order valence-corrected chi connectivity index (χ3v) is 5.82. The quantitative estimate of drug-likeness (QED) is 0.727. The molecule has 0 spiro atoms. The zero-order valence-electron chi connectivity index (χ0n) is 16.6. The van der Waals surface area contributed by atoms with Crippen molar-refractivity contribution >= 4 is 5.91 Å². The van der Waals surface area contributed by atoms with Crippen molar-refractivity contribution < 1.29 is 14.3 Å². The number of methoxy groups -OCH3 is 2. The lowest BCUT2D eigenvalue weighted by Crippen LogP contribution is -2.36. The first-order valence-electron chi connectivity index (χ1n) is 9.83. The van der Waals surface area contributed by atoms with E-state index in [0.717, 1.165) is 12.0 Å². The van der Waals surface area contributed by atoms with Gasteiger partial charge in [-0.2, -0.15) is 5.10 Å². The second kappa shape index (κ2) is 8.11. The lowest BCUT2D eigenvalue weighted by atomic mass is 9.94. The standard InChI is InChI=1S/C22H25N3O4/c1-28-19-7-5-16(11-20(19)29-2)18-6-8-22(27)25(24-18)13-21(26)23-12-17-10-14-3-4-15(17)9-14/h3-8,11,14-15,17H,9-10,12-13H2,1-2H3,(H,23,26)/t14-,15+,17+/m0/s1. The highest BCUT2D eigenvalue weighted by Gasteiger charge is 2.35. The van der Waals surface area contributed by atoms with E-state index >= 15 is 0 Å². The van der Waals surface area contributed by atoms with Crippen LogP contribution in [0, 0.1) is 17.8 Å². The summed E-state index contributed by atoms with van der Waals surface area (Å²) in [6.45, 7) is 0.547. The van der Waals surface area contributed by atoms with Gasteiger partial charge in [-0.1, -0.05) is 12.2 Å². The maximum atomic E-state index is 12.4. The van der Waals surface area contributed by atoms with Gasteiger partial charge in [0.05, 0.1) is 19.9 Å². The number of amides is 1. The molecule has 3 atom stereocenters. The van der Waals surface area contributed by atoms with Gasteiger partial charge in [0.1, 0.15) is 6.54 Å². The van der Waals surface area contributed by atoms with Crippen molar-refractivity contribution in [1.29, 1.82) is 0 Å². The smallest absolute Gasteiger partial charge is 0.267 e. The highest BCUT2D eigenvalue weighted by Crippen LogP contribution is 2.42. The summed E-state index contributed by atoms with van der Waals surface area (Å²) in [5.41, 5.74) is 1.04. The number of carbonyl (C=O) groups is 1. The Morgan fingerprint density at radius 1 is 1.14 bits per heavy atom. The number of hydrogen-bond acceptors (Lipinski definition) is 5. The summed E-state index contributed by atoms with van der Waals surface area (Å²) in [6, 6.07) is 8.47. The van der Waals surface area contributed by atoms with Gasteiger partial charge in [0.25, 0.3) is 5.56 Å². The summed E-state index contributed by atoms with van der Waals surface area (Å²) >= 11 is 0. The number of fused-ring (bicyclic) bond motifs is 2. The van der Waals surface area contributed by atoms with Crippen molar-refractivity contribution in [2.45, 2.75) is 19.4 Å². The average molecular weight is 395 g/mol. The predicted octanol–water partition coefficient (Wildman–Crippen LogP) is 2.26. The molecule has 0 aliphatic heterocycles. The molecule has 1 aromatic carbocycles. The number of ether oxygens (including phenoxy) is 2. The van der Waals surface area contributed by atoms with Crippen LogP contribution >= 0.6 is 0 Å². The number of carbonyl (C=O) groups excluding carboxylic acids is 1. The number of hydrogen-bond donors (Lipinski definition) is 1. The SMILES string of the molecule is COc1ccc(-c2ccc(=O)n(CC(=O)NC[C@H]3C[C@H]4C=C[C@@H]3C4)n2)cc1OC. The highest BCUT2D eigenvalue weighted by atomic mass is 16.5. The largest absolute Gasteiger partial charge is 0.493 e. The van der Waals surface area contributed by atoms with Crippen molar-refractivity contribution in [3.8, 4) is 22.8 Å². The van der Waals surface area contributed by atoms with Crippen LogP contribution in [0.1, 0.15) is 12.8 Å². The molecule has 1 heterocycles. The Labute approximate surface area is 169 Å². The zero-order chi connectivity index (χ0) is 20.4. The lowest BCUT2D eigenvalue weighted by Gasteiger charge is -2.18. The monoisotopic (exact) mass is 395 g/mol. The van der Waals surface area contributed by atoms with Crippen LogP contribution < -0.4 is 20.3 Å². The summed E-state index contributed by atoms with van der Waals surface area (Å²) < 4.78 is 11.8. The fourth-order valence-corrected chi connectivity index (χ4v) is 4.28. The molecule has 0 saturated heterocycles. The molecule has 7 heteroatoms. The third-order valence-electron chi connectivity index (χ3n) is 5.82. The van der Waals surface area contributed by atoms with E-state index in [4.69, 9.17) is 9.47 Å². The maximum Gasteiger partial charge on any atom is 0.267 e. The normalized spacial score (nSPS) is 21.9. The third kappa shape index (κ3) is 4.04. The molecule has 0 radical (unpaired) electrons. The summed E-state index contributed by atoms with van der Waals surface area (Å²) in [5, 5.41) is 7.34. The Morgan fingerprint density at radius 2 is 1.97 bits per heavy atom. The number of nitrogens with one attached hydrogen (secondary N) is 1. The van der Waals surface area contributed by atoms with E-state index in [0.29, 0.717) is 41.5 Å². The van der Waals surface area contributed by atoms with Gasteiger partial charge in [-0.3, -0.25) is 9.59 Å². The van der Waals surface area contributed by atoms with Crippen LogP contribution in [0.15, 0.2) is 47.3 Å². The minimum Gasteiger partial charge on any atom is -0.493 e. The first-order valence-corrected chi connectivity index (χ1v) is 9.83. The Balaban J connectivity index is 1.45. The van der Waals surface area contributed by atoms with E-state index < -0.39 is 0 Å². The van der Waals surface area contributed by atoms with Crippen molar-refractivity contribution in [3.05, 3.63) is 52.8 Å². The second-order valence-corrected chi connectivity index (χ2v) is 7.63. The molecule has 152 valence electrons. The van der Waals surface area contributed by atoms with E-state index in [1.807, 2.05) is 6.07 Å². The molecule has 2 bridgehead atoms. The van der Waals surface area contributed by atoms with Crippen LogP contribution in [0.2, 0.25) is 0 Å². The van der Waals surface area contributed by atoms with E-state index in [2.05, 4.69) is 22.6 Å². The van der Waals surface area contributed by atoms with Crippen LogP contribution in [-0.4, -0.2) is 36.5 Å². The van der Waals surface area contributed by atoms with E-state index in [-0.39, 0.29) is 18.0 Å². The van der Waals surface area contributed by atoms with E-state index in [1.165, 1.54) is 17.2 Å². The fourth-order valence-electron chi connectivity index (χ4n) is 4.28. The molecular weight excluding hydrogens is 370 g/mol. The summed E-state index contributed by atoms with van der Waals surface area (Å²) in [7, 11) is 3.13. The first kappa shape index (κ1) is 19.2. The molecule has 2 aromatic rings. The Morgan fingerprint density at radius 3 is 2.66 bits per heavy atom. The molecule has 7 nitrogen and oxygen atoms in total. The van der Waals surface area contributed by atoms with E-state index in [1.54, 1.807) is 32.4 Å². The van der Waals surface area contributed by atoms with Crippen LogP contribution in [0.3, 0.4) is 0 Å². The van der Waals surface area contributed by atoms with Crippen molar-refractivity contribution in [2.24, 2.45) is 17.8 Å². The molecule has 2 aliphatic carbocycles. The van der Waals surface area contributed by atoms with Crippen LogP contribution in [0.5, 0.6) is 11.5 Å². The van der Waals surface area contributed by atoms with Gasteiger partial charge < -0.3 is 14.8 Å². The van der Waals surface area contributed by atoms with Gasteiger partial charge in [0.2, 0.25) is 5.91 Å². The molecule has 1 amide bonds. The Hall–Kier alpha value is -3.09. The Bertz CT molecular complexity index is 998. The van der Waals surface area contributed by atoms with Crippen LogP contribution in [0.4, 0.5) is 0 Å². The summed E-state index contributed by atoms with van der Waals surface area (Å²) in [5.74, 6) is 2.73. The van der Waals surface area contributed by atoms with E-state index in [9.17, 15) is 9.59 Å². The lowest BCUT2D eigenvalue weighted by molar-refractivity contribution is -0.122. The Kier molecular flexibility index (Phi) is 5.38. The molecular formula is C22H25N3O4. The van der Waals surface area contributed by atoms with Gasteiger partial charge in [-0.25, -0.2) is 4.68 Å². The fraction of sp³-hybridized carbons (Fsp3) is 0.409. The van der Waals surface area contributed by atoms with Crippen LogP contribution in [-0.2, 0) is 11.3 Å². The highest BCUT2D eigenvalue weighted by molar-refractivity contribution is 5.75. The van der Waals surface area contributed by atoms with Gasteiger partial charge in [-0.05, 0) is 54.9 Å². The number of aromatic nitrogens is 2. The number of rotatable bonds is 7. The van der Waals surface area contributed by atoms with Gasteiger partial charge in [-0.15, -0.1) is 0 Å². The van der Waals surface area contributed by atoms with Crippen LogP contribution in [0.25, 0.3) is 11.3 Å². The average Bonchev–Trinajstić information content (AvgIpc) is 3.36. The number of allylic oxidation sites excluding steroid dienone is 2. The first-order chi connectivity index (χ1) is 14.1. The van der Waals surface area contributed by atoms with Gasteiger partial charge >= 0.3 is 0 Å². The van der Waals surface area contributed by atoms with Crippen molar-refractivity contribution in [1.82, 2.24) is 15.1 Å². The second-order valence-electron chi connectivity index (χ2n) is 7.63. The number of nitrogens with zero attached hydrogens (tertiary/aromatic N) is 2. The summed E-state index contributed by atoms with van der Waals surface area (Å²) in [6.07, 6.45) is 6.89. The molecule has 2 aliphatic rings. The molecule has 4 rings (SSSR count). The predicted molar refractivity (Wildman–Crippen MR) is 109 cm³/mol. The molecule has 1 fully saturated rings. The van der Waals surface area contributed by atoms with Crippen molar-refractivity contribution in [3.63, 3.8) is 0 Å². The zero-order valence-corrected chi connectivity index (χ0v) is 16.6. The molecule has 1 saturated carbocycles. The molecule has 1 aromatic heterocycles. The molecule has 1 N–H and O–H groups in total. The van der Waals surface area contributed by atoms with Gasteiger partial charge in [0, 0.05) is 18.2 Å². The molecule has 0 unspecified atom stereocenters. The topological polar surface area (TPSA) is 82.5 Å². The maximum absolute atomic E-state index is 12.4. The van der Waals surface area contributed by atoms with Gasteiger partial charge in [0.15, 0.2) is 11.5 Å². The number of benzene rings is 1. The minimum absolute atomic E-state index is 0.101. The minimum atomic E-state index is -0.313.